The van der Waals surface area contributed by atoms with E-state index in [1.54, 1.807) is 0 Å². The summed E-state index contributed by atoms with van der Waals surface area (Å²) in [4.78, 5) is 5.20. The summed E-state index contributed by atoms with van der Waals surface area (Å²) >= 11 is 0. The van der Waals surface area contributed by atoms with Crippen LogP contribution in [0.1, 0.15) is 135 Å². The Morgan fingerprint density at radius 3 is 1.61 bits per heavy atom. The molecule has 1 aromatic carbocycles. The zero-order valence-electron chi connectivity index (χ0n) is 22.2. The maximum atomic E-state index is 2.62. The molecule has 0 saturated carbocycles. The van der Waals surface area contributed by atoms with Crippen LogP contribution in [0.2, 0.25) is 0 Å². The van der Waals surface area contributed by atoms with Gasteiger partial charge in [-0.3, -0.25) is 0 Å². The molecule has 2 rings (SSSR count). The van der Waals surface area contributed by atoms with Crippen LogP contribution in [-0.4, -0.2) is 22.5 Å². The minimum atomic E-state index is 0.555. The number of benzene rings is 1. The molecule has 0 spiro atoms. The van der Waals surface area contributed by atoms with Crippen molar-refractivity contribution in [1.82, 2.24) is 9.80 Å². The van der Waals surface area contributed by atoms with Crippen LogP contribution < -0.4 is 0 Å². The second-order valence-electron chi connectivity index (χ2n) is 10.3. The number of unbranched alkanes of at least 4 members (excludes halogenated alkanes) is 15. The monoisotopic (exact) mass is 454 g/mol. The Labute approximate surface area is 206 Å². The number of rotatable bonds is 21. The molecular weight excluding hydrogens is 400 g/mol. The normalized spacial score (nSPS) is 15.6. The quantitative estimate of drug-likeness (QED) is 0.171. The molecule has 1 aliphatic rings. The molecule has 188 valence electrons. The van der Waals surface area contributed by atoms with Gasteiger partial charge in [0, 0.05) is 25.5 Å². The van der Waals surface area contributed by atoms with Gasteiger partial charge in [0.2, 0.25) is 0 Å². The van der Waals surface area contributed by atoms with Gasteiger partial charge in [0.1, 0.15) is 6.17 Å². The minimum Gasteiger partial charge on any atom is -0.356 e. The van der Waals surface area contributed by atoms with E-state index in [1.165, 1.54) is 128 Å². The second kappa shape index (κ2) is 18.9. The number of hydrogen-bond donors (Lipinski definition) is 0. The van der Waals surface area contributed by atoms with Crippen LogP contribution in [0.5, 0.6) is 0 Å². The van der Waals surface area contributed by atoms with Crippen molar-refractivity contribution in [2.24, 2.45) is 0 Å². The van der Waals surface area contributed by atoms with Crippen LogP contribution in [-0.2, 0) is 6.54 Å². The van der Waals surface area contributed by atoms with Crippen molar-refractivity contribution >= 4 is 0 Å². The fourth-order valence-electron chi connectivity index (χ4n) is 5.13. The van der Waals surface area contributed by atoms with Crippen LogP contribution in [0.4, 0.5) is 0 Å². The van der Waals surface area contributed by atoms with E-state index < -0.39 is 0 Å². The van der Waals surface area contributed by atoms with Crippen LogP contribution in [0.3, 0.4) is 0 Å². The van der Waals surface area contributed by atoms with Gasteiger partial charge in [0.15, 0.2) is 0 Å². The standard InChI is InChI=1S/C31H54N2/c1-3-5-7-9-10-11-12-13-14-15-16-17-21-25-31-32(26-22-8-6-4-2)27-28-33(31)29-30-23-19-18-20-24-30/h18-20,23-24,27-28,31H,3-17,21-22,25-26,29H2,1-2H3. The molecule has 33 heavy (non-hydrogen) atoms. The summed E-state index contributed by atoms with van der Waals surface area (Å²) in [6, 6.07) is 11.0. The van der Waals surface area contributed by atoms with Gasteiger partial charge in [0.25, 0.3) is 0 Å². The summed E-state index contributed by atoms with van der Waals surface area (Å²) in [5.74, 6) is 0. The lowest BCUT2D eigenvalue weighted by atomic mass is 10.0. The molecule has 0 radical (unpaired) electrons. The highest BCUT2D eigenvalue weighted by Crippen LogP contribution is 2.25. The van der Waals surface area contributed by atoms with Crippen molar-refractivity contribution in [2.75, 3.05) is 6.54 Å². The molecule has 1 heterocycles. The first-order chi connectivity index (χ1) is 16.3. The number of hydrogen-bond acceptors (Lipinski definition) is 2. The van der Waals surface area contributed by atoms with E-state index in [4.69, 9.17) is 0 Å². The van der Waals surface area contributed by atoms with Crippen molar-refractivity contribution < 1.29 is 0 Å². The van der Waals surface area contributed by atoms with E-state index in [0.717, 1.165) is 6.54 Å². The fourth-order valence-corrected chi connectivity index (χ4v) is 5.13. The van der Waals surface area contributed by atoms with Crippen molar-refractivity contribution in [3.63, 3.8) is 0 Å². The Morgan fingerprint density at radius 2 is 1.03 bits per heavy atom. The van der Waals surface area contributed by atoms with Gasteiger partial charge in [-0.25, -0.2) is 0 Å². The lowest BCUT2D eigenvalue weighted by Crippen LogP contribution is -2.38. The minimum absolute atomic E-state index is 0.555. The first-order valence-electron chi connectivity index (χ1n) is 14.6. The predicted molar refractivity (Wildman–Crippen MR) is 146 cm³/mol. The van der Waals surface area contributed by atoms with Gasteiger partial charge in [-0.05, 0) is 24.8 Å². The topological polar surface area (TPSA) is 6.48 Å². The van der Waals surface area contributed by atoms with Crippen LogP contribution >= 0.6 is 0 Å². The largest absolute Gasteiger partial charge is 0.356 e. The van der Waals surface area contributed by atoms with Gasteiger partial charge >= 0.3 is 0 Å². The third-order valence-corrected chi connectivity index (χ3v) is 7.26. The van der Waals surface area contributed by atoms with Gasteiger partial charge in [-0.1, -0.05) is 140 Å². The summed E-state index contributed by atoms with van der Waals surface area (Å²) in [6.07, 6.45) is 30.5. The Morgan fingerprint density at radius 1 is 0.545 bits per heavy atom. The molecule has 1 aromatic rings. The first-order valence-corrected chi connectivity index (χ1v) is 14.6. The average molecular weight is 455 g/mol. The molecular formula is C31H54N2. The molecule has 2 heteroatoms. The Balaban J connectivity index is 1.60. The van der Waals surface area contributed by atoms with Crippen molar-refractivity contribution in [3.8, 4) is 0 Å². The highest BCUT2D eigenvalue weighted by molar-refractivity contribution is 5.15. The lowest BCUT2D eigenvalue weighted by molar-refractivity contribution is 0.132. The maximum absolute atomic E-state index is 2.62. The summed E-state index contributed by atoms with van der Waals surface area (Å²) < 4.78 is 0. The Hall–Kier alpha value is -1.44. The molecule has 1 aliphatic heterocycles. The highest BCUT2D eigenvalue weighted by Gasteiger charge is 2.25. The highest BCUT2D eigenvalue weighted by atomic mass is 15.4. The van der Waals surface area contributed by atoms with Gasteiger partial charge < -0.3 is 9.80 Å². The van der Waals surface area contributed by atoms with Gasteiger partial charge in [-0.15, -0.1) is 0 Å². The molecule has 0 saturated heterocycles. The maximum Gasteiger partial charge on any atom is 0.101 e. The third-order valence-electron chi connectivity index (χ3n) is 7.26. The van der Waals surface area contributed by atoms with E-state index in [-0.39, 0.29) is 0 Å². The number of nitrogens with zero attached hydrogens (tertiary/aromatic N) is 2. The summed E-state index contributed by atoms with van der Waals surface area (Å²) in [7, 11) is 0. The van der Waals surface area contributed by atoms with E-state index >= 15 is 0 Å². The Kier molecular flexibility index (Phi) is 15.9. The second-order valence-corrected chi connectivity index (χ2v) is 10.3. The summed E-state index contributed by atoms with van der Waals surface area (Å²) in [5.41, 5.74) is 1.42. The van der Waals surface area contributed by atoms with E-state index in [1.807, 2.05) is 0 Å². The molecule has 1 unspecified atom stereocenters. The first kappa shape index (κ1) is 27.8. The van der Waals surface area contributed by atoms with Crippen LogP contribution in [0.15, 0.2) is 42.7 Å². The molecule has 0 aliphatic carbocycles. The Bertz CT molecular complexity index is 582. The van der Waals surface area contributed by atoms with Crippen molar-refractivity contribution in [3.05, 3.63) is 48.3 Å². The van der Waals surface area contributed by atoms with E-state index in [0.29, 0.717) is 6.17 Å². The fraction of sp³-hybridized carbons (Fsp3) is 0.742. The van der Waals surface area contributed by atoms with E-state index in [9.17, 15) is 0 Å². The average Bonchev–Trinajstić information content (AvgIpc) is 3.21. The predicted octanol–water partition coefficient (Wildman–Crippen LogP) is 9.66. The van der Waals surface area contributed by atoms with Crippen LogP contribution in [0, 0.1) is 0 Å². The molecule has 0 fully saturated rings. The molecule has 2 nitrogen and oxygen atoms in total. The smallest absolute Gasteiger partial charge is 0.101 e. The molecule has 0 N–H and O–H groups in total. The summed E-state index contributed by atoms with van der Waals surface area (Å²) in [5, 5.41) is 0. The molecule has 0 amide bonds. The summed E-state index contributed by atoms with van der Waals surface area (Å²) in [6.45, 7) is 6.85. The molecule has 0 bridgehead atoms. The lowest BCUT2D eigenvalue weighted by Gasteiger charge is -2.33. The van der Waals surface area contributed by atoms with Crippen molar-refractivity contribution in [2.45, 2.75) is 142 Å². The van der Waals surface area contributed by atoms with Gasteiger partial charge in [0.05, 0.1) is 0 Å². The zero-order valence-corrected chi connectivity index (χ0v) is 22.2. The van der Waals surface area contributed by atoms with Crippen molar-refractivity contribution in [1.29, 1.82) is 0 Å². The SMILES string of the molecule is CCCCCCCCCCCCCCCC1N(CCCCCC)C=CN1Cc1ccccc1. The zero-order chi connectivity index (χ0) is 23.4. The van der Waals surface area contributed by atoms with E-state index in [2.05, 4.69) is 66.4 Å². The molecule has 1 atom stereocenters. The van der Waals surface area contributed by atoms with Crippen LogP contribution in [0.25, 0.3) is 0 Å². The molecule has 0 aromatic heterocycles. The van der Waals surface area contributed by atoms with Gasteiger partial charge in [-0.2, -0.15) is 0 Å². The third kappa shape index (κ3) is 12.6.